The number of hydrogen-bond donors (Lipinski definition) is 1. The SMILES string of the molecule is COC(=O)c1cc(CNC(=O)[C@@H](C)Sc2ccc(C)cc2)ccc1OC. The Balaban J connectivity index is 1.97. The Kier molecular flexibility index (Phi) is 7.09. The van der Waals surface area contributed by atoms with Crippen LogP contribution in [0.1, 0.15) is 28.4 Å². The van der Waals surface area contributed by atoms with Crippen LogP contribution < -0.4 is 10.1 Å². The van der Waals surface area contributed by atoms with Crippen LogP contribution in [0.4, 0.5) is 0 Å². The van der Waals surface area contributed by atoms with Crippen molar-refractivity contribution in [2.24, 2.45) is 0 Å². The van der Waals surface area contributed by atoms with E-state index in [1.807, 2.05) is 44.2 Å². The fourth-order valence-electron chi connectivity index (χ4n) is 2.34. The minimum absolute atomic E-state index is 0.0639. The number of amides is 1. The number of carbonyl (C=O) groups excluding carboxylic acids is 2. The maximum absolute atomic E-state index is 12.3. The van der Waals surface area contributed by atoms with E-state index >= 15 is 0 Å². The largest absolute Gasteiger partial charge is 0.496 e. The summed E-state index contributed by atoms with van der Waals surface area (Å²) in [5.74, 6) is -0.0976. The molecule has 0 bridgehead atoms. The molecule has 1 atom stereocenters. The van der Waals surface area contributed by atoms with Crippen molar-refractivity contribution in [2.45, 2.75) is 30.5 Å². The minimum Gasteiger partial charge on any atom is -0.496 e. The number of esters is 1. The van der Waals surface area contributed by atoms with Gasteiger partial charge in [-0.25, -0.2) is 4.79 Å². The zero-order valence-corrected chi connectivity index (χ0v) is 16.2. The van der Waals surface area contributed by atoms with Gasteiger partial charge in [0.05, 0.1) is 19.5 Å². The average Bonchev–Trinajstić information content (AvgIpc) is 2.66. The number of hydrogen-bond acceptors (Lipinski definition) is 5. The lowest BCUT2D eigenvalue weighted by Crippen LogP contribution is -2.30. The predicted octanol–water partition coefficient (Wildman–Crippen LogP) is 3.59. The number of carbonyl (C=O) groups is 2. The van der Waals surface area contributed by atoms with Crippen molar-refractivity contribution in [1.29, 1.82) is 0 Å². The summed E-state index contributed by atoms with van der Waals surface area (Å²) in [7, 11) is 2.81. The summed E-state index contributed by atoms with van der Waals surface area (Å²) in [6.07, 6.45) is 0. The highest BCUT2D eigenvalue weighted by molar-refractivity contribution is 8.00. The highest BCUT2D eigenvalue weighted by atomic mass is 32.2. The van der Waals surface area contributed by atoms with Crippen molar-refractivity contribution in [3.63, 3.8) is 0 Å². The van der Waals surface area contributed by atoms with E-state index in [1.54, 1.807) is 12.1 Å². The normalized spacial score (nSPS) is 11.5. The third-order valence-electron chi connectivity index (χ3n) is 3.84. The summed E-state index contributed by atoms with van der Waals surface area (Å²) < 4.78 is 9.93. The molecule has 1 amide bonds. The van der Waals surface area contributed by atoms with Crippen LogP contribution in [0, 0.1) is 6.92 Å². The predicted molar refractivity (Wildman–Crippen MR) is 103 cm³/mol. The van der Waals surface area contributed by atoms with Gasteiger partial charge in [0.25, 0.3) is 0 Å². The minimum atomic E-state index is -0.474. The number of aryl methyl sites for hydroxylation is 1. The highest BCUT2D eigenvalue weighted by Gasteiger charge is 2.16. The zero-order valence-electron chi connectivity index (χ0n) is 15.4. The molecule has 0 spiro atoms. The molecule has 5 nitrogen and oxygen atoms in total. The number of ether oxygens (including phenoxy) is 2. The molecule has 0 aliphatic heterocycles. The molecule has 26 heavy (non-hydrogen) atoms. The third kappa shape index (κ3) is 5.26. The van der Waals surface area contributed by atoms with Crippen molar-refractivity contribution in [2.75, 3.05) is 14.2 Å². The first-order chi connectivity index (χ1) is 12.4. The maximum atomic E-state index is 12.3. The molecule has 0 aliphatic rings. The number of benzene rings is 2. The monoisotopic (exact) mass is 373 g/mol. The van der Waals surface area contributed by atoms with Crippen LogP contribution >= 0.6 is 11.8 Å². The second-order valence-corrected chi connectivity index (χ2v) is 7.23. The average molecular weight is 373 g/mol. The summed E-state index contributed by atoms with van der Waals surface area (Å²) >= 11 is 1.51. The van der Waals surface area contributed by atoms with Gasteiger partial charge in [-0.05, 0) is 43.7 Å². The fraction of sp³-hybridized carbons (Fsp3) is 0.300. The van der Waals surface area contributed by atoms with Gasteiger partial charge in [0.15, 0.2) is 0 Å². The maximum Gasteiger partial charge on any atom is 0.341 e. The van der Waals surface area contributed by atoms with Crippen molar-refractivity contribution in [1.82, 2.24) is 5.32 Å². The molecule has 2 aromatic carbocycles. The Hall–Kier alpha value is -2.47. The fourth-order valence-corrected chi connectivity index (χ4v) is 3.23. The zero-order chi connectivity index (χ0) is 19.1. The molecule has 6 heteroatoms. The molecule has 0 aliphatic carbocycles. The number of rotatable bonds is 7. The summed E-state index contributed by atoms with van der Waals surface area (Å²) in [5.41, 5.74) is 2.32. The number of nitrogens with one attached hydrogen (secondary N) is 1. The molecule has 0 saturated heterocycles. The lowest BCUT2D eigenvalue weighted by atomic mass is 10.1. The summed E-state index contributed by atoms with van der Waals surface area (Å²) in [6, 6.07) is 13.2. The molecule has 1 N–H and O–H groups in total. The van der Waals surface area contributed by atoms with Gasteiger partial charge < -0.3 is 14.8 Å². The van der Waals surface area contributed by atoms with E-state index in [1.165, 1.54) is 31.5 Å². The Morgan fingerprint density at radius 2 is 1.81 bits per heavy atom. The van der Waals surface area contributed by atoms with Gasteiger partial charge in [-0.1, -0.05) is 23.8 Å². The van der Waals surface area contributed by atoms with E-state index < -0.39 is 5.97 Å². The summed E-state index contributed by atoms with van der Waals surface area (Å²) in [6.45, 7) is 4.22. The van der Waals surface area contributed by atoms with Crippen LogP contribution in [-0.4, -0.2) is 31.3 Å². The van der Waals surface area contributed by atoms with Gasteiger partial charge in [0, 0.05) is 11.4 Å². The molecular weight excluding hydrogens is 350 g/mol. The smallest absolute Gasteiger partial charge is 0.341 e. The van der Waals surface area contributed by atoms with E-state index in [9.17, 15) is 9.59 Å². The van der Waals surface area contributed by atoms with Crippen LogP contribution in [0.2, 0.25) is 0 Å². The molecule has 138 valence electrons. The molecule has 0 fully saturated rings. The van der Waals surface area contributed by atoms with Crippen LogP contribution in [0.25, 0.3) is 0 Å². The van der Waals surface area contributed by atoms with Crippen molar-refractivity contribution in [3.8, 4) is 5.75 Å². The Morgan fingerprint density at radius 1 is 1.12 bits per heavy atom. The first kappa shape index (κ1) is 19.8. The molecule has 0 aromatic heterocycles. The van der Waals surface area contributed by atoms with Crippen LogP contribution in [0.15, 0.2) is 47.4 Å². The van der Waals surface area contributed by atoms with Crippen LogP contribution in [0.5, 0.6) is 5.75 Å². The van der Waals surface area contributed by atoms with Crippen molar-refractivity contribution in [3.05, 3.63) is 59.2 Å². The Labute approximate surface area is 158 Å². The van der Waals surface area contributed by atoms with Gasteiger partial charge in [-0.3, -0.25) is 4.79 Å². The van der Waals surface area contributed by atoms with Gasteiger partial charge in [-0.15, -0.1) is 11.8 Å². The van der Waals surface area contributed by atoms with Gasteiger partial charge >= 0.3 is 5.97 Å². The topological polar surface area (TPSA) is 64.6 Å². The van der Waals surface area contributed by atoms with E-state index in [0.717, 1.165) is 10.5 Å². The second kappa shape index (κ2) is 9.29. The van der Waals surface area contributed by atoms with Gasteiger partial charge in [-0.2, -0.15) is 0 Å². The van der Waals surface area contributed by atoms with Crippen LogP contribution in [-0.2, 0) is 16.1 Å². The Bertz CT molecular complexity index is 774. The van der Waals surface area contributed by atoms with Gasteiger partial charge in [0.1, 0.15) is 11.3 Å². The highest BCUT2D eigenvalue weighted by Crippen LogP contribution is 2.24. The van der Waals surface area contributed by atoms with Crippen LogP contribution in [0.3, 0.4) is 0 Å². The second-order valence-electron chi connectivity index (χ2n) is 5.82. The van der Waals surface area contributed by atoms with E-state index in [-0.39, 0.29) is 11.2 Å². The number of methoxy groups -OCH3 is 2. The molecule has 0 radical (unpaired) electrons. The molecule has 0 heterocycles. The summed E-state index contributed by atoms with van der Waals surface area (Å²) in [4.78, 5) is 25.2. The lowest BCUT2D eigenvalue weighted by Gasteiger charge is -2.13. The molecule has 2 rings (SSSR count). The number of thioether (sulfide) groups is 1. The lowest BCUT2D eigenvalue weighted by molar-refractivity contribution is -0.120. The molecule has 0 saturated carbocycles. The quantitative estimate of drug-likeness (QED) is 0.594. The van der Waals surface area contributed by atoms with E-state index in [4.69, 9.17) is 9.47 Å². The molecule has 0 unspecified atom stereocenters. The summed E-state index contributed by atoms with van der Waals surface area (Å²) in [5, 5.41) is 2.67. The van der Waals surface area contributed by atoms with E-state index in [2.05, 4.69) is 5.32 Å². The van der Waals surface area contributed by atoms with Crippen molar-refractivity contribution >= 4 is 23.6 Å². The standard InChI is InChI=1S/C20H23NO4S/c1-13-5-8-16(9-6-13)26-14(2)19(22)21-12-15-7-10-18(24-3)17(11-15)20(23)25-4/h5-11,14H,12H2,1-4H3,(H,21,22)/t14-/m1/s1. The van der Waals surface area contributed by atoms with Gasteiger partial charge in [0.2, 0.25) is 5.91 Å². The Morgan fingerprint density at radius 3 is 2.42 bits per heavy atom. The third-order valence-corrected chi connectivity index (χ3v) is 4.95. The molecule has 2 aromatic rings. The first-order valence-electron chi connectivity index (χ1n) is 8.21. The van der Waals surface area contributed by atoms with Crippen molar-refractivity contribution < 1.29 is 19.1 Å². The first-order valence-corrected chi connectivity index (χ1v) is 9.09. The molecular formula is C20H23NO4S. The van der Waals surface area contributed by atoms with E-state index in [0.29, 0.717) is 17.9 Å².